The van der Waals surface area contributed by atoms with E-state index in [-0.39, 0.29) is 5.56 Å². The molecule has 0 spiro atoms. The molecule has 3 nitrogen and oxygen atoms in total. The molecule has 0 radical (unpaired) electrons. The predicted octanol–water partition coefficient (Wildman–Crippen LogP) is 1.58. The van der Waals surface area contributed by atoms with Gasteiger partial charge in [-0.05, 0) is 19.0 Å². The minimum absolute atomic E-state index is 0.227. The lowest BCUT2D eigenvalue weighted by atomic mass is 10.1. The molecule has 2 aliphatic heterocycles. The van der Waals surface area contributed by atoms with Crippen LogP contribution in [0.25, 0.3) is 0 Å². The standard InChI is InChI=1S/C15H20F3N3/c16-13-8-15(18)14(17)7-11(13)10-20-3-5-21(6-4-20)12-1-2-19-9-12/h7-8,12,19H,1-6,9-10H2. The number of nitrogens with zero attached hydrogens (tertiary/aromatic N) is 2. The molecule has 1 atom stereocenters. The molecule has 1 aromatic carbocycles. The summed E-state index contributed by atoms with van der Waals surface area (Å²) in [7, 11) is 0. The van der Waals surface area contributed by atoms with Crippen LogP contribution in [0.2, 0.25) is 0 Å². The molecular formula is C15H20F3N3. The van der Waals surface area contributed by atoms with Crippen molar-refractivity contribution in [2.75, 3.05) is 39.3 Å². The van der Waals surface area contributed by atoms with E-state index in [1.807, 2.05) is 0 Å². The van der Waals surface area contributed by atoms with Crippen LogP contribution >= 0.6 is 0 Å². The Balaban J connectivity index is 1.56. The molecule has 1 aromatic rings. The first-order valence-corrected chi connectivity index (χ1v) is 7.44. The van der Waals surface area contributed by atoms with Crippen molar-refractivity contribution in [2.45, 2.75) is 19.0 Å². The van der Waals surface area contributed by atoms with E-state index in [1.165, 1.54) is 6.42 Å². The summed E-state index contributed by atoms with van der Waals surface area (Å²) in [6.07, 6.45) is 1.18. The van der Waals surface area contributed by atoms with Crippen molar-refractivity contribution >= 4 is 0 Å². The molecule has 2 heterocycles. The third-order valence-corrected chi connectivity index (χ3v) is 4.44. The molecule has 116 valence electrons. The summed E-state index contributed by atoms with van der Waals surface area (Å²) in [6.45, 7) is 5.99. The fourth-order valence-electron chi connectivity index (χ4n) is 3.16. The number of piperazine rings is 1. The first kappa shape index (κ1) is 14.8. The number of rotatable bonds is 3. The average molecular weight is 299 g/mol. The molecule has 3 rings (SSSR count). The van der Waals surface area contributed by atoms with E-state index in [0.717, 1.165) is 45.3 Å². The third-order valence-electron chi connectivity index (χ3n) is 4.44. The van der Waals surface area contributed by atoms with Crippen LogP contribution in [0.5, 0.6) is 0 Å². The summed E-state index contributed by atoms with van der Waals surface area (Å²) in [5.74, 6) is -2.78. The Morgan fingerprint density at radius 3 is 2.38 bits per heavy atom. The Kier molecular flexibility index (Phi) is 4.47. The SMILES string of the molecule is Fc1cc(F)c(CN2CCN(C3CCNC3)CC2)cc1F. The minimum atomic E-state index is -1.13. The van der Waals surface area contributed by atoms with Crippen molar-refractivity contribution in [2.24, 2.45) is 0 Å². The van der Waals surface area contributed by atoms with Crippen LogP contribution in [-0.4, -0.2) is 55.1 Å². The fourth-order valence-corrected chi connectivity index (χ4v) is 3.16. The Morgan fingerprint density at radius 2 is 1.71 bits per heavy atom. The Hall–Kier alpha value is -1.11. The summed E-state index contributed by atoms with van der Waals surface area (Å²) < 4.78 is 39.8. The molecule has 0 bridgehead atoms. The van der Waals surface area contributed by atoms with E-state index >= 15 is 0 Å². The van der Waals surface area contributed by atoms with Crippen molar-refractivity contribution in [3.8, 4) is 0 Å². The van der Waals surface area contributed by atoms with E-state index in [9.17, 15) is 13.2 Å². The van der Waals surface area contributed by atoms with E-state index in [1.54, 1.807) is 0 Å². The average Bonchev–Trinajstić information content (AvgIpc) is 3.00. The fraction of sp³-hybridized carbons (Fsp3) is 0.600. The number of benzene rings is 1. The van der Waals surface area contributed by atoms with Crippen molar-refractivity contribution in [3.05, 3.63) is 35.1 Å². The van der Waals surface area contributed by atoms with Gasteiger partial charge in [0, 0.05) is 56.9 Å². The number of halogens is 3. The quantitative estimate of drug-likeness (QED) is 0.855. The second-order valence-corrected chi connectivity index (χ2v) is 5.82. The lowest BCUT2D eigenvalue weighted by molar-refractivity contribution is 0.0973. The summed E-state index contributed by atoms with van der Waals surface area (Å²) in [6, 6.07) is 2.20. The van der Waals surface area contributed by atoms with Crippen LogP contribution in [-0.2, 0) is 6.54 Å². The highest BCUT2D eigenvalue weighted by Gasteiger charge is 2.26. The van der Waals surface area contributed by atoms with Gasteiger partial charge in [0.15, 0.2) is 11.6 Å². The van der Waals surface area contributed by atoms with Crippen LogP contribution in [0, 0.1) is 17.5 Å². The van der Waals surface area contributed by atoms with Crippen LogP contribution in [0.4, 0.5) is 13.2 Å². The van der Waals surface area contributed by atoms with E-state index in [2.05, 4.69) is 15.1 Å². The highest BCUT2D eigenvalue weighted by Crippen LogP contribution is 2.18. The zero-order valence-electron chi connectivity index (χ0n) is 11.9. The zero-order chi connectivity index (χ0) is 14.8. The van der Waals surface area contributed by atoms with Gasteiger partial charge in [0.25, 0.3) is 0 Å². The van der Waals surface area contributed by atoms with Crippen molar-refractivity contribution in [3.63, 3.8) is 0 Å². The molecule has 2 saturated heterocycles. The maximum atomic E-state index is 13.7. The van der Waals surface area contributed by atoms with E-state index < -0.39 is 17.5 Å². The molecule has 2 aliphatic rings. The van der Waals surface area contributed by atoms with Gasteiger partial charge in [0.1, 0.15) is 5.82 Å². The second-order valence-electron chi connectivity index (χ2n) is 5.82. The predicted molar refractivity (Wildman–Crippen MR) is 74.4 cm³/mol. The van der Waals surface area contributed by atoms with Gasteiger partial charge in [-0.3, -0.25) is 9.80 Å². The highest BCUT2D eigenvalue weighted by atomic mass is 19.2. The third kappa shape index (κ3) is 3.39. The van der Waals surface area contributed by atoms with Crippen LogP contribution in [0.15, 0.2) is 12.1 Å². The molecule has 0 saturated carbocycles. The van der Waals surface area contributed by atoms with Gasteiger partial charge in [-0.1, -0.05) is 0 Å². The molecule has 1 N–H and O–H groups in total. The molecule has 0 aliphatic carbocycles. The molecule has 6 heteroatoms. The number of hydrogen-bond donors (Lipinski definition) is 1. The lowest BCUT2D eigenvalue weighted by Crippen LogP contribution is -2.50. The number of nitrogens with one attached hydrogen (secondary N) is 1. The van der Waals surface area contributed by atoms with Crippen molar-refractivity contribution in [1.82, 2.24) is 15.1 Å². The lowest BCUT2D eigenvalue weighted by Gasteiger charge is -2.37. The van der Waals surface area contributed by atoms with Gasteiger partial charge < -0.3 is 5.32 Å². The maximum absolute atomic E-state index is 13.7. The normalized spacial score (nSPS) is 24.6. The van der Waals surface area contributed by atoms with Gasteiger partial charge in [0.05, 0.1) is 0 Å². The Labute approximate surface area is 122 Å². The summed E-state index contributed by atoms with van der Waals surface area (Å²) >= 11 is 0. The number of hydrogen-bond acceptors (Lipinski definition) is 3. The summed E-state index contributed by atoms with van der Waals surface area (Å²) in [5.41, 5.74) is 0.227. The smallest absolute Gasteiger partial charge is 0.161 e. The maximum Gasteiger partial charge on any atom is 0.161 e. The van der Waals surface area contributed by atoms with Gasteiger partial charge in [-0.2, -0.15) is 0 Å². The van der Waals surface area contributed by atoms with Gasteiger partial charge in [0.2, 0.25) is 0 Å². The molecular weight excluding hydrogens is 279 g/mol. The molecule has 1 unspecified atom stereocenters. The topological polar surface area (TPSA) is 18.5 Å². The molecule has 0 amide bonds. The summed E-state index contributed by atoms with van der Waals surface area (Å²) in [5, 5.41) is 3.36. The van der Waals surface area contributed by atoms with Crippen LogP contribution in [0.3, 0.4) is 0 Å². The highest BCUT2D eigenvalue weighted by molar-refractivity contribution is 5.20. The van der Waals surface area contributed by atoms with Gasteiger partial charge >= 0.3 is 0 Å². The van der Waals surface area contributed by atoms with Gasteiger partial charge in [-0.15, -0.1) is 0 Å². The van der Waals surface area contributed by atoms with Crippen molar-refractivity contribution < 1.29 is 13.2 Å². The minimum Gasteiger partial charge on any atom is -0.315 e. The molecule has 2 fully saturated rings. The second kappa shape index (κ2) is 6.34. The van der Waals surface area contributed by atoms with Gasteiger partial charge in [-0.25, -0.2) is 13.2 Å². The summed E-state index contributed by atoms with van der Waals surface area (Å²) in [4.78, 5) is 4.55. The monoisotopic (exact) mass is 299 g/mol. The molecule has 0 aromatic heterocycles. The van der Waals surface area contributed by atoms with Crippen molar-refractivity contribution in [1.29, 1.82) is 0 Å². The largest absolute Gasteiger partial charge is 0.315 e. The van der Waals surface area contributed by atoms with E-state index in [4.69, 9.17) is 0 Å². The Morgan fingerprint density at radius 1 is 1.00 bits per heavy atom. The first-order chi connectivity index (χ1) is 10.1. The van der Waals surface area contributed by atoms with E-state index in [0.29, 0.717) is 18.7 Å². The molecule has 21 heavy (non-hydrogen) atoms. The van der Waals surface area contributed by atoms with Crippen LogP contribution in [0.1, 0.15) is 12.0 Å². The van der Waals surface area contributed by atoms with Crippen LogP contribution < -0.4 is 5.32 Å². The first-order valence-electron chi connectivity index (χ1n) is 7.44. The Bertz CT molecular complexity index is 495. The zero-order valence-corrected chi connectivity index (χ0v) is 11.9.